The van der Waals surface area contributed by atoms with Gasteiger partial charge in [0.1, 0.15) is 0 Å². The van der Waals surface area contributed by atoms with Crippen molar-refractivity contribution in [3.63, 3.8) is 0 Å². The fraction of sp³-hybridized carbons (Fsp3) is 0.250. The lowest BCUT2D eigenvalue weighted by molar-refractivity contribution is 0.0690. The van der Waals surface area contributed by atoms with E-state index in [9.17, 15) is 4.79 Å². The van der Waals surface area contributed by atoms with E-state index >= 15 is 0 Å². The van der Waals surface area contributed by atoms with Gasteiger partial charge in [-0.25, -0.2) is 14.8 Å². The maximum absolute atomic E-state index is 10.9. The Morgan fingerprint density at radius 1 is 1.41 bits per heavy atom. The summed E-state index contributed by atoms with van der Waals surface area (Å²) in [4.78, 5) is 20.9. The van der Waals surface area contributed by atoms with Crippen molar-refractivity contribution in [3.05, 3.63) is 42.8 Å². The van der Waals surface area contributed by atoms with Crippen molar-refractivity contribution in [1.29, 1.82) is 0 Å². The molecular formula is C12H15N3O2. The Kier molecular flexibility index (Phi) is 4.39. The van der Waals surface area contributed by atoms with E-state index in [2.05, 4.69) is 23.1 Å². The van der Waals surface area contributed by atoms with Crippen LogP contribution in [-0.4, -0.2) is 34.1 Å². The van der Waals surface area contributed by atoms with E-state index in [1.165, 1.54) is 6.07 Å². The maximum Gasteiger partial charge on any atom is 0.354 e. The molecule has 1 heterocycles. The van der Waals surface area contributed by atoms with Crippen molar-refractivity contribution >= 4 is 11.9 Å². The number of aromatic nitrogens is 2. The van der Waals surface area contributed by atoms with Crippen molar-refractivity contribution in [2.24, 2.45) is 0 Å². The second-order valence-electron chi connectivity index (χ2n) is 3.48. The van der Waals surface area contributed by atoms with Crippen molar-refractivity contribution in [3.8, 4) is 0 Å². The lowest BCUT2D eigenvalue weighted by atomic mass is 10.3. The van der Waals surface area contributed by atoms with Crippen LogP contribution in [0.5, 0.6) is 0 Å². The van der Waals surface area contributed by atoms with Crippen LogP contribution in [0.2, 0.25) is 0 Å². The minimum atomic E-state index is -1.06. The van der Waals surface area contributed by atoms with Crippen LogP contribution in [0.25, 0.3) is 0 Å². The first-order valence-electron chi connectivity index (χ1n) is 5.14. The molecule has 1 aromatic heterocycles. The van der Waals surface area contributed by atoms with Crippen molar-refractivity contribution < 1.29 is 9.90 Å². The van der Waals surface area contributed by atoms with Crippen LogP contribution in [-0.2, 0) is 0 Å². The Balaban J connectivity index is 3.13. The highest BCUT2D eigenvalue weighted by Gasteiger charge is 2.12. The van der Waals surface area contributed by atoms with Crippen LogP contribution in [0.15, 0.2) is 31.4 Å². The topological polar surface area (TPSA) is 66.3 Å². The van der Waals surface area contributed by atoms with Gasteiger partial charge in [0.25, 0.3) is 0 Å². The molecule has 0 saturated carbocycles. The van der Waals surface area contributed by atoms with Crippen LogP contribution in [0.1, 0.15) is 16.2 Å². The fourth-order valence-corrected chi connectivity index (χ4v) is 1.35. The molecule has 0 fully saturated rings. The molecule has 90 valence electrons. The van der Waals surface area contributed by atoms with E-state index in [4.69, 9.17) is 5.11 Å². The van der Waals surface area contributed by atoms with Gasteiger partial charge in [0.15, 0.2) is 5.69 Å². The number of anilines is 1. The van der Waals surface area contributed by atoms with E-state index < -0.39 is 5.97 Å². The number of hydrogen-bond donors (Lipinski definition) is 1. The fourth-order valence-electron chi connectivity index (χ4n) is 1.35. The smallest absolute Gasteiger partial charge is 0.354 e. The number of aryl methyl sites for hydroxylation is 1. The molecule has 0 unspecified atom stereocenters. The Bertz CT molecular complexity index is 433. The molecule has 0 aliphatic carbocycles. The molecule has 1 rings (SSSR count). The highest BCUT2D eigenvalue weighted by atomic mass is 16.4. The van der Waals surface area contributed by atoms with Crippen LogP contribution in [0, 0.1) is 6.92 Å². The molecule has 17 heavy (non-hydrogen) atoms. The standard InChI is InChI=1S/C12H15N3O2/c1-4-6-15(7-5-2)12-13-9(3)8-10(14-12)11(16)17/h4-5,8H,1-2,6-7H2,3H3,(H,16,17). The van der Waals surface area contributed by atoms with Gasteiger partial charge in [-0.2, -0.15) is 0 Å². The molecule has 0 bridgehead atoms. The Morgan fingerprint density at radius 2 is 2.00 bits per heavy atom. The summed E-state index contributed by atoms with van der Waals surface area (Å²) < 4.78 is 0. The van der Waals surface area contributed by atoms with Crippen LogP contribution < -0.4 is 4.90 Å². The van der Waals surface area contributed by atoms with Crippen LogP contribution in [0.3, 0.4) is 0 Å². The first-order valence-corrected chi connectivity index (χ1v) is 5.14. The van der Waals surface area contributed by atoms with Gasteiger partial charge in [0.05, 0.1) is 0 Å². The minimum Gasteiger partial charge on any atom is -0.477 e. The predicted molar refractivity (Wildman–Crippen MR) is 66.3 cm³/mol. The molecule has 5 nitrogen and oxygen atoms in total. The summed E-state index contributed by atoms with van der Waals surface area (Å²) >= 11 is 0. The lowest BCUT2D eigenvalue weighted by Gasteiger charge is -2.19. The SMILES string of the molecule is C=CCN(CC=C)c1nc(C)cc(C(=O)O)n1. The Morgan fingerprint density at radius 3 is 2.47 bits per heavy atom. The molecule has 0 spiro atoms. The Labute approximate surface area is 100 Å². The second-order valence-corrected chi connectivity index (χ2v) is 3.48. The molecule has 0 aliphatic heterocycles. The highest BCUT2D eigenvalue weighted by Crippen LogP contribution is 2.10. The van der Waals surface area contributed by atoms with E-state index in [1.807, 2.05) is 0 Å². The normalized spacial score (nSPS) is 9.71. The number of carboxylic acid groups (broad SMARTS) is 1. The maximum atomic E-state index is 10.9. The summed E-state index contributed by atoms with van der Waals surface area (Å²) in [5, 5.41) is 8.93. The number of hydrogen-bond acceptors (Lipinski definition) is 4. The molecule has 1 aromatic rings. The highest BCUT2D eigenvalue weighted by molar-refractivity contribution is 5.85. The third-order valence-electron chi connectivity index (χ3n) is 2.04. The second kappa shape index (κ2) is 5.79. The Hall–Kier alpha value is -2.17. The quantitative estimate of drug-likeness (QED) is 0.757. The average molecular weight is 233 g/mol. The number of carbonyl (C=O) groups is 1. The summed E-state index contributed by atoms with van der Waals surface area (Å²) in [6.07, 6.45) is 3.41. The third-order valence-corrected chi connectivity index (χ3v) is 2.04. The van der Waals surface area contributed by atoms with E-state index in [0.717, 1.165) is 0 Å². The summed E-state index contributed by atoms with van der Waals surface area (Å²) in [6.45, 7) is 10.1. The third kappa shape index (κ3) is 3.41. The molecule has 0 aliphatic rings. The van der Waals surface area contributed by atoms with E-state index in [0.29, 0.717) is 24.7 Å². The molecule has 0 atom stereocenters. The summed E-state index contributed by atoms with van der Waals surface area (Å²) in [5.41, 5.74) is 0.608. The monoisotopic (exact) mass is 233 g/mol. The largest absolute Gasteiger partial charge is 0.477 e. The molecule has 0 aromatic carbocycles. The van der Waals surface area contributed by atoms with Crippen molar-refractivity contribution in [2.45, 2.75) is 6.92 Å². The van der Waals surface area contributed by atoms with Crippen LogP contribution >= 0.6 is 0 Å². The van der Waals surface area contributed by atoms with Gasteiger partial charge in [-0.05, 0) is 13.0 Å². The predicted octanol–water partition coefficient (Wildman–Crippen LogP) is 1.66. The van der Waals surface area contributed by atoms with Gasteiger partial charge in [0.2, 0.25) is 5.95 Å². The zero-order chi connectivity index (χ0) is 12.8. The van der Waals surface area contributed by atoms with E-state index in [-0.39, 0.29) is 5.69 Å². The number of carboxylic acids is 1. The summed E-state index contributed by atoms with van der Waals surface area (Å²) in [7, 11) is 0. The zero-order valence-corrected chi connectivity index (χ0v) is 9.76. The number of nitrogens with zero attached hydrogens (tertiary/aromatic N) is 3. The molecule has 0 amide bonds. The van der Waals surface area contributed by atoms with Gasteiger partial charge >= 0.3 is 5.97 Å². The summed E-state index contributed by atoms with van der Waals surface area (Å²) in [6, 6.07) is 1.44. The first kappa shape index (κ1) is 12.9. The molecule has 0 radical (unpaired) electrons. The molecular weight excluding hydrogens is 218 g/mol. The first-order chi connectivity index (χ1) is 8.08. The molecule has 1 N–H and O–H groups in total. The number of aromatic carboxylic acids is 1. The average Bonchev–Trinajstić information content (AvgIpc) is 2.28. The molecule has 5 heteroatoms. The van der Waals surface area contributed by atoms with Gasteiger partial charge in [0, 0.05) is 18.8 Å². The van der Waals surface area contributed by atoms with Gasteiger partial charge in [-0.1, -0.05) is 12.2 Å². The van der Waals surface area contributed by atoms with Crippen molar-refractivity contribution in [1.82, 2.24) is 9.97 Å². The van der Waals surface area contributed by atoms with Gasteiger partial charge in [-0.3, -0.25) is 0 Å². The van der Waals surface area contributed by atoms with Gasteiger partial charge < -0.3 is 10.0 Å². The summed E-state index contributed by atoms with van der Waals surface area (Å²) in [5.74, 6) is -0.684. The van der Waals surface area contributed by atoms with E-state index in [1.54, 1.807) is 24.0 Å². The van der Waals surface area contributed by atoms with Gasteiger partial charge in [-0.15, -0.1) is 13.2 Å². The minimum absolute atomic E-state index is 0.00868. The lowest BCUT2D eigenvalue weighted by Crippen LogP contribution is -2.26. The number of rotatable bonds is 6. The van der Waals surface area contributed by atoms with Crippen molar-refractivity contribution in [2.75, 3.05) is 18.0 Å². The van der Waals surface area contributed by atoms with Crippen LogP contribution in [0.4, 0.5) is 5.95 Å². The molecule has 0 saturated heterocycles. The zero-order valence-electron chi connectivity index (χ0n) is 9.76.